The molecular formula is C17H14ClFN4O2S. The third kappa shape index (κ3) is 3.61. The molecule has 1 aromatic carbocycles. The van der Waals surface area contributed by atoms with Gasteiger partial charge in [0.25, 0.3) is 10.0 Å². The monoisotopic (exact) mass is 392 g/mol. The lowest BCUT2D eigenvalue weighted by atomic mass is 10.0. The Morgan fingerprint density at radius 2 is 1.81 bits per heavy atom. The molecule has 9 heteroatoms. The Morgan fingerprint density at radius 1 is 1.08 bits per heavy atom. The van der Waals surface area contributed by atoms with Crippen molar-refractivity contribution >= 4 is 33.3 Å². The number of benzene rings is 1. The van der Waals surface area contributed by atoms with Crippen molar-refractivity contribution in [2.24, 2.45) is 0 Å². The van der Waals surface area contributed by atoms with E-state index in [1.807, 2.05) is 0 Å². The van der Waals surface area contributed by atoms with Gasteiger partial charge >= 0.3 is 0 Å². The van der Waals surface area contributed by atoms with Gasteiger partial charge in [-0.15, -0.1) is 0 Å². The van der Waals surface area contributed by atoms with Crippen LogP contribution in [-0.4, -0.2) is 18.4 Å². The largest absolute Gasteiger partial charge is 0.384 e. The van der Waals surface area contributed by atoms with Crippen LogP contribution in [-0.2, 0) is 10.0 Å². The summed E-state index contributed by atoms with van der Waals surface area (Å²) in [5, 5.41) is -0.0545. The highest BCUT2D eigenvalue weighted by Crippen LogP contribution is 2.32. The molecule has 0 fully saturated rings. The Kier molecular flexibility index (Phi) is 4.80. The van der Waals surface area contributed by atoms with Crippen LogP contribution in [0.15, 0.2) is 53.6 Å². The highest BCUT2D eigenvalue weighted by Gasteiger charge is 2.19. The number of pyridine rings is 2. The van der Waals surface area contributed by atoms with Crippen molar-refractivity contribution in [3.05, 3.63) is 64.9 Å². The molecule has 0 atom stereocenters. The van der Waals surface area contributed by atoms with Gasteiger partial charge in [0.15, 0.2) is 5.03 Å². The smallest absolute Gasteiger partial charge is 0.280 e. The van der Waals surface area contributed by atoms with Crippen LogP contribution in [0.4, 0.5) is 16.0 Å². The molecule has 6 nitrogen and oxygen atoms in total. The number of hydrogen-bond donors (Lipinski definition) is 2. The summed E-state index contributed by atoms with van der Waals surface area (Å²) in [6.45, 7) is 1.71. The van der Waals surface area contributed by atoms with Crippen LogP contribution in [0.2, 0.25) is 5.02 Å². The molecule has 0 aliphatic heterocycles. The first-order chi connectivity index (χ1) is 12.3. The summed E-state index contributed by atoms with van der Waals surface area (Å²) in [5.74, 6) is -0.451. The molecule has 3 rings (SSSR count). The number of aromatic nitrogens is 2. The number of aryl methyl sites for hydroxylation is 1. The standard InChI is InChI=1S/C17H14ClFN4O2S/c1-10-4-2-5-12(19)16(10)17-11(18)8-9-14(22-17)23-26(24,25)15-7-3-6-13(20)21-15/h2-9H,1H3,(H2,20,21)(H,22,23). The number of sulfonamides is 1. The molecule has 0 aliphatic rings. The molecule has 0 bridgehead atoms. The first kappa shape index (κ1) is 18.1. The van der Waals surface area contributed by atoms with Gasteiger partial charge in [-0.05, 0) is 42.8 Å². The predicted octanol–water partition coefficient (Wildman–Crippen LogP) is 3.63. The molecule has 2 aromatic heterocycles. The average molecular weight is 393 g/mol. The van der Waals surface area contributed by atoms with Gasteiger partial charge in [0.1, 0.15) is 17.5 Å². The van der Waals surface area contributed by atoms with Gasteiger partial charge in [0, 0.05) is 5.56 Å². The molecule has 3 N–H and O–H groups in total. The second-order valence-corrected chi connectivity index (χ2v) is 7.50. The number of nitrogen functional groups attached to an aromatic ring is 1. The summed E-state index contributed by atoms with van der Waals surface area (Å²) in [5.41, 5.74) is 6.50. The first-order valence-corrected chi connectivity index (χ1v) is 9.31. The van der Waals surface area contributed by atoms with Gasteiger partial charge < -0.3 is 5.73 Å². The Balaban J connectivity index is 2.03. The zero-order chi connectivity index (χ0) is 18.9. The lowest BCUT2D eigenvalue weighted by Gasteiger charge is -2.12. The Bertz CT molecular complexity index is 1070. The minimum absolute atomic E-state index is 0.0173. The zero-order valence-corrected chi connectivity index (χ0v) is 15.1. The van der Waals surface area contributed by atoms with Crippen LogP contribution in [0.5, 0.6) is 0 Å². The molecule has 3 aromatic rings. The molecule has 0 saturated carbocycles. The highest BCUT2D eigenvalue weighted by atomic mass is 35.5. The van der Waals surface area contributed by atoms with E-state index in [1.165, 1.54) is 36.4 Å². The summed E-state index contributed by atoms with van der Waals surface area (Å²) >= 11 is 6.15. The summed E-state index contributed by atoms with van der Waals surface area (Å²) in [6.07, 6.45) is 0. The molecule has 0 unspecified atom stereocenters. The number of anilines is 2. The van der Waals surface area contributed by atoms with Crippen molar-refractivity contribution in [3.63, 3.8) is 0 Å². The second kappa shape index (κ2) is 6.89. The van der Waals surface area contributed by atoms with Crippen LogP contribution in [0, 0.1) is 12.7 Å². The summed E-state index contributed by atoms with van der Waals surface area (Å²) in [6, 6.07) is 11.6. The Morgan fingerprint density at radius 3 is 2.50 bits per heavy atom. The van der Waals surface area contributed by atoms with E-state index in [0.717, 1.165) is 0 Å². The topological polar surface area (TPSA) is 98.0 Å². The summed E-state index contributed by atoms with van der Waals surface area (Å²) in [7, 11) is -4.01. The lowest BCUT2D eigenvalue weighted by molar-refractivity contribution is 0.597. The Labute approximate surface area is 154 Å². The van der Waals surface area contributed by atoms with Crippen molar-refractivity contribution in [1.29, 1.82) is 0 Å². The summed E-state index contributed by atoms with van der Waals surface area (Å²) in [4.78, 5) is 7.96. The van der Waals surface area contributed by atoms with Gasteiger partial charge in [0.2, 0.25) is 0 Å². The van der Waals surface area contributed by atoms with Gasteiger partial charge in [-0.3, -0.25) is 4.72 Å². The van der Waals surface area contributed by atoms with E-state index in [9.17, 15) is 12.8 Å². The molecular weight excluding hydrogens is 379 g/mol. The maximum atomic E-state index is 14.2. The van der Waals surface area contributed by atoms with E-state index in [0.29, 0.717) is 5.56 Å². The molecule has 0 spiro atoms. The van der Waals surface area contributed by atoms with Crippen LogP contribution < -0.4 is 10.5 Å². The maximum Gasteiger partial charge on any atom is 0.280 e. The summed E-state index contributed by atoms with van der Waals surface area (Å²) < 4.78 is 41.4. The number of halogens is 2. The van der Waals surface area contributed by atoms with E-state index >= 15 is 0 Å². The van der Waals surface area contributed by atoms with Crippen molar-refractivity contribution in [2.45, 2.75) is 11.9 Å². The minimum Gasteiger partial charge on any atom is -0.384 e. The fraction of sp³-hybridized carbons (Fsp3) is 0.0588. The lowest BCUT2D eigenvalue weighted by Crippen LogP contribution is -2.16. The molecule has 134 valence electrons. The Hall–Kier alpha value is -2.71. The molecule has 26 heavy (non-hydrogen) atoms. The van der Waals surface area contributed by atoms with E-state index < -0.39 is 15.8 Å². The van der Waals surface area contributed by atoms with Gasteiger partial charge in [0.05, 0.1) is 10.7 Å². The highest BCUT2D eigenvalue weighted by molar-refractivity contribution is 7.92. The van der Waals surface area contributed by atoms with E-state index in [4.69, 9.17) is 17.3 Å². The maximum absolute atomic E-state index is 14.2. The van der Waals surface area contributed by atoms with Gasteiger partial charge in [-0.1, -0.05) is 29.8 Å². The molecule has 0 radical (unpaired) electrons. The third-order valence-corrected chi connectivity index (χ3v) is 5.12. The van der Waals surface area contributed by atoms with Crippen molar-refractivity contribution in [2.75, 3.05) is 10.5 Å². The quantitative estimate of drug-likeness (QED) is 0.706. The van der Waals surface area contributed by atoms with Crippen LogP contribution in [0.1, 0.15) is 5.56 Å². The van der Waals surface area contributed by atoms with Crippen LogP contribution >= 0.6 is 11.6 Å². The van der Waals surface area contributed by atoms with Gasteiger partial charge in [-0.25, -0.2) is 14.4 Å². The van der Waals surface area contributed by atoms with Crippen molar-refractivity contribution in [3.8, 4) is 11.3 Å². The number of nitrogens with zero attached hydrogens (tertiary/aromatic N) is 2. The fourth-order valence-corrected chi connectivity index (χ4v) is 3.55. The second-order valence-electron chi connectivity index (χ2n) is 5.46. The number of rotatable bonds is 4. The molecule has 0 aliphatic carbocycles. The van der Waals surface area contributed by atoms with Crippen molar-refractivity contribution in [1.82, 2.24) is 9.97 Å². The van der Waals surface area contributed by atoms with Crippen LogP contribution in [0.3, 0.4) is 0 Å². The van der Waals surface area contributed by atoms with E-state index in [-0.39, 0.29) is 32.9 Å². The van der Waals surface area contributed by atoms with E-state index in [1.54, 1.807) is 19.1 Å². The van der Waals surface area contributed by atoms with Crippen LogP contribution in [0.25, 0.3) is 11.3 Å². The molecule has 2 heterocycles. The van der Waals surface area contributed by atoms with Crippen molar-refractivity contribution < 1.29 is 12.8 Å². The zero-order valence-electron chi connectivity index (χ0n) is 13.6. The number of hydrogen-bond acceptors (Lipinski definition) is 5. The average Bonchev–Trinajstić information content (AvgIpc) is 2.57. The molecule has 0 amide bonds. The van der Waals surface area contributed by atoms with E-state index in [2.05, 4.69) is 14.7 Å². The SMILES string of the molecule is Cc1cccc(F)c1-c1nc(NS(=O)(=O)c2cccc(N)n2)ccc1Cl. The predicted molar refractivity (Wildman–Crippen MR) is 98.8 cm³/mol. The number of nitrogens with one attached hydrogen (secondary N) is 1. The molecule has 0 saturated heterocycles. The normalized spacial score (nSPS) is 11.3. The number of nitrogens with two attached hydrogens (primary N) is 1. The fourth-order valence-electron chi connectivity index (χ4n) is 2.38. The van der Waals surface area contributed by atoms with Gasteiger partial charge in [-0.2, -0.15) is 8.42 Å². The third-order valence-electron chi connectivity index (χ3n) is 3.56. The minimum atomic E-state index is -4.01. The first-order valence-electron chi connectivity index (χ1n) is 7.45.